The molecule has 0 fully saturated rings. The Hall–Kier alpha value is -1.93. The van der Waals surface area contributed by atoms with Crippen molar-refractivity contribution < 1.29 is 14.4 Å². The van der Waals surface area contributed by atoms with Gasteiger partial charge in [-0.15, -0.1) is 0 Å². The van der Waals surface area contributed by atoms with Crippen LogP contribution >= 0.6 is 15.9 Å². The number of nitrogens with one attached hydrogen (secondary N) is 3. The quantitative estimate of drug-likeness (QED) is 0.638. The molecule has 0 saturated carbocycles. The summed E-state index contributed by atoms with van der Waals surface area (Å²) in [5.41, 5.74) is 0.637. The molecular formula is C14H19BrN4O3. The number of hydrogen-bond acceptors (Lipinski definition) is 4. The zero-order valence-electron chi connectivity index (χ0n) is 12.5. The van der Waals surface area contributed by atoms with Gasteiger partial charge >= 0.3 is 0 Å². The highest BCUT2D eigenvalue weighted by Crippen LogP contribution is 2.20. The molecule has 0 radical (unpaired) electrons. The number of nitrogens with zero attached hydrogens (tertiary/aromatic N) is 1. The van der Waals surface area contributed by atoms with Gasteiger partial charge in [0.15, 0.2) is 0 Å². The second-order valence-corrected chi connectivity index (χ2v) is 5.50. The highest BCUT2D eigenvalue weighted by molar-refractivity contribution is 9.10. The second-order valence-electron chi connectivity index (χ2n) is 4.65. The molecule has 3 N–H and O–H groups in total. The molecular weight excluding hydrogens is 352 g/mol. The smallest absolute Gasteiger partial charge is 0.243 e. The third-order valence-corrected chi connectivity index (χ3v) is 3.39. The van der Waals surface area contributed by atoms with Crippen molar-refractivity contribution in [2.75, 3.05) is 39.0 Å². The summed E-state index contributed by atoms with van der Waals surface area (Å²) >= 11 is 3.32. The lowest BCUT2D eigenvalue weighted by Gasteiger charge is -2.15. The van der Waals surface area contributed by atoms with Crippen LogP contribution in [0.1, 0.15) is 0 Å². The fraction of sp³-hybridized carbons (Fsp3) is 0.357. The minimum atomic E-state index is -0.325. The van der Waals surface area contributed by atoms with Crippen molar-refractivity contribution in [2.45, 2.75) is 0 Å². The number of carbonyl (C=O) groups excluding carboxylic acids is 3. The lowest BCUT2D eigenvalue weighted by atomic mass is 10.3. The molecule has 0 aliphatic rings. The lowest BCUT2D eigenvalue weighted by Crippen LogP contribution is -2.42. The number of rotatable bonds is 7. The van der Waals surface area contributed by atoms with Crippen LogP contribution in [-0.4, -0.2) is 56.4 Å². The summed E-state index contributed by atoms with van der Waals surface area (Å²) in [4.78, 5) is 36.1. The number of anilines is 1. The first-order chi connectivity index (χ1) is 10.4. The maximum Gasteiger partial charge on any atom is 0.243 e. The Labute approximate surface area is 137 Å². The van der Waals surface area contributed by atoms with E-state index in [9.17, 15) is 14.4 Å². The van der Waals surface area contributed by atoms with Crippen LogP contribution in [0.15, 0.2) is 28.7 Å². The second kappa shape index (κ2) is 9.16. The van der Waals surface area contributed by atoms with Gasteiger partial charge in [0.2, 0.25) is 17.7 Å². The van der Waals surface area contributed by atoms with E-state index in [1.807, 2.05) is 12.1 Å². The van der Waals surface area contributed by atoms with E-state index in [1.54, 1.807) is 24.1 Å². The zero-order valence-corrected chi connectivity index (χ0v) is 14.1. The van der Waals surface area contributed by atoms with Gasteiger partial charge in [-0.3, -0.25) is 19.3 Å². The van der Waals surface area contributed by atoms with E-state index in [-0.39, 0.29) is 37.4 Å². The van der Waals surface area contributed by atoms with Crippen LogP contribution < -0.4 is 16.0 Å². The van der Waals surface area contributed by atoms with Crippen molar-refractivity contribution in [3.8, 4) is 0 Å². The Balaban J connectivity index is 2.33. The monoisotopic (exact) mass is 370 g/mol. The maximum atomic E-state index is 11.8. The summed E-state index contributed by atoms with van der Waals surface area (Å²) in [5, 5.41) is 7.66. The molecule has 7 nitrogen and oxygen atoms in total. The van der Waals surface area contributed by atoms with Crippen LogP contribution in [0.4, 0.5) is 5.69 Å². The molecule has 22 heavy (non-hydrogen) atoms. The SMILES string of the molecule is CNC(=O)CN(C)CC(=O)NCC(=O)Nc1ccccc1Br. The first-order valence-corrected chi connectivity index (χ1v) is 7.42. The average molecular weight is 371 g/mol. The van der Waals surface area contributed by atoms with Gasteiger partial charge in [-0.1, -0.05) is 12.1 Å². The zero-order chi connectivity index (χ0) is 16.5. The molecule has 3 amide bonds. The van der Waals surface area contributed by atoms with E-state index in [0.717, 1.165) is 4.47 Å². The van der Waals surface area contributed by atoms with Crippen LogP contribution in [0.3, 0.4) is 0 Å². The van der Waals surface area contributed by atoms with Crippen molar-refractivity contribution >= 4 is 39.3 Å². The van der Waals surface area contributed by atoms with Crippen molar-refractivity contribution in [3.63, 3.8) is 0 Å². The molecule has 0 saturated heterocycles. The average Bonchev–Trinajstić information content (AvgIpc) is 2.47. The number of para-hydroxylation sites is 1. The first-order valence-electron chi connectivity index (χ1n) is 6.62. The third-order valence-electron chi connectivity index (χ3n) is 2.70. The Morgan fingerprint density at radius 1 is 1.09 bits per heavy atom. The predicted molar refractivity (Wildman–Crippen MR) is 87.3 cm³/mol. The molecule has 1 aromatic carbocycles. The van der Waals surface area contributed by atoms with Gasteiger partial charge in [-0.25, -0.2) is 0 Å². The number of amides is 3. The molecule has 0 atom stereocenters. The van der Waals surface area contributed by atoms with E-state index < -0.39 is 0 Å². The van der Waals surface area contributed by atoms with Crippen LogP contribution in [0, 0.1) is 0 Å². The fourth-order valence-electron chi connectivity index (χ4n) is 1.62. The summed E-state index contributed by atoms with van der Waals surface area (Å²) in [5.74, 6) is -0.829. The molecule has 120 valence electrons. The lowest BCUT2D eigenvalue weighted by molar-refractivity contribution is -0.126. The topological polar surface area (TPSA) is 90.5 Å². The van der Waals surface area contributed by atoms with Crippen LogP contribution in [0.2, 0.25) is 0 Å². The van der Waals surface area contributed by atoms with Gasteiger partial charge in [0.05, 0.1) is 25.3 Å². The Morgan fingerprint density at radius 3 is 2.36 bits per heavy atom. The van der Waals surface area contributed by atoms with Crippen molar-refractivity contribution in [1.29, 1.82) is 0 Å². The first kappa shape index (κ1) is 18.1. The van der Waals surface area contributed by atoms with Gasteiger partial charge in [-0.2, -0.15) is 0 Å². The number of carbonyl (C=O) groups is 3. The molecule has 1 aromatic rings. The number of hydrogen-bond donors (Lipinski definition) is 3. The van der Waals surface area contributed by atoms with Gasteiger partial charge < -0.3 is 16.0 Å². The molecule has 1 rings (SSSR count). The van der Waals surface area contributed by atoms with E-state index in [0.29, 0.717) is 5.69 Å². The summed E-state index contributed by atoms with van der Waals surface area (Å²) in [7, 11) is 3.18. The molecule has 0 spiro atoms. The molecule has 8 heteroatoms. The standard InChI is InChI=1S/C14H19BrN4O3/c1-16-13(21)8-19(2)9-14(22)17-7-12(20)18-11-6-4-3-5-10(11)15/h3-6H,7-9H2,1-2H3,(H,16,21)(H,17,22)(H,18,20). The number of benzene rings is 1. The molecule has 0 aliphatic heterocycles. The van der Waals surface area contributed by atoms with Crippen molar-refractivity contribution in [1.82, 2.24) is 15.5 Å². The molecule has 0 aromatic heterocycles. The predicted octanol–water partition coefficient (Wildman–Crippen LogP) is 0.182. The van der Waals surface area contributed by atoms with Crippen LogP contribution in [0.25, 0.3) is 0 Å². The molecule has 0 aliphatic carbocycles. The van der Waals surface area contributed by atoms with Gasteiger partial charge in [0, 0.05) is 11.5 Å². The van der Waals surface area contributed by atoms with Crippen LogP contribution in [0.5, 0.6) is 0 Å². The minimum absolute atomic E-state index is 0.0374. The molecule has 0 unspecified atom stereocenters. The molecule has 0 bridgehead atoms. The van der Waals surface area contributed by atoms with Gasteiger partial charge in [0.25, 0.3) is 0 Å². The van der Waals surface area contributed by atoms with Gasteiger partial charge in [0.1, 0.15) is 0 Å². The maximum absolute atomic E-state index is 11.8. The normalized spacial score (nSPS) is 10.2. The molecule has 0 heterocycles. The third kappa shape index (κ3) is 6.68. The Kier molecular flexibility index (Phi) is 7.55. The van der Waals surface area contributed by atoms with Crippen LogP contribution in [-0.2, 0) is 14.4 Å². The van der Waals surface area contributed by atoms with Crippen molar-refractivity contribution in [3.05, 3.63) is 28.7 Å². The highest BCUT2D eigenvalue weighted by atomic mass is 79.9. The minimum Gasteiger partial charge on any atom is -0.358 e. The summed E-state index contributed by atoms with van der Waals surface area (Å²) in [6.07, 6.45) is 0. The largest absolute Gasteiger partial charge is 0.358 e. The van der Waals surface area contributed by atoms with E-state index >= 15 is 0 Å². The van der Waals surface area contributed by atoms with E-state index in [4.69, 9.17) is 0 Å². The fourth-order valence-corrected chi connectivity index (χ4v) is 2.00. The highest BCUT2D eigenvalue weighted by Gasteiger charge is 2.11. The Morgan fingerprint density at radius 2 is 1.73 bits per heavy atom. The van der Waals surface area contributed by atoms with E-state index in [1.165, 1.54) is 7.05 Å². The van der Waals surface area contributed by atoms with Gasteiger partial charge in [-0.05, 0) is 35.1 Å². The summed E-state index contributed by atoms with van der Waals surface area (Å²) < 4.78 is 0.764. The summed E-state index contributed by atoms with van der Waals surface area (Å²) in [6, 6.07) is 7.19. The summed E-state index contributed by atoms with van der Waals surface area (Å²) in [6.45, 7) is 0.0246. The number of halogens is 1. The van der Waals surface area contributed by atoms with Crippen molar-refractivity contribution in [2.24, 2.45) is 0 Å². The number of likely N-dealkylation sites (N-methyl/N-ethyl adjacent to an activating group) is 2. The Bertz CT molecular complexity index is 551. The van der Waals surface area contributed by atoms with E-state index in [2.05, 4.69) is 31.9 Å².